The fourth-order valence-corrected chi connectivity index (χ4v) is 3.44. The molecule has 2 aromatic rings. The van der Waals surface area contributed by atoms with E-state index in [-0.39, 0.29) is 0 Å². The number of nitrogen functional groups attached to an aromatic ring is 2. The molecule has 6 N–H and O–H groups in total. The Bertz CT molecular complexity index is 608. The Morgan fingerprint density at radius 3 is 1.60 bits per heavy atom. The van der Waals surface area contributed by atoms with Crippen LogP contribution in [0.2, 0.25) is 0 Å². The summed E-state index contributed by atoms with van der Waals surface area (Å²) in [5, 5.41) is 14.7. The molecule has 0 aliphatic carbocycles. The molecule has 20 heavy (non-hydrogen) atoms. The van der Waals surface area contributed by atoms with E-state index in [0.29, 0.717) is 19.9 Å². The van der Waals surface area contributed by atoms with Crippen molar-refractivity contribution < 1.29 is 0 Å². The molecule has 0 atom stereocenters. The summed E-state index contributed by atoms with van der Waals surface area (Å²) in [7, 11) is 0. The molecular formula is C8H14N8S4. The monoisotopic (exact) mass is 350 g/mol. The van der Waals surface area contributed by atoms with Crippen LogP contribution < -0.4 is 11.7 Å². The third kappa shape index (κ3) is 3.77. The molecule has 2 heterocycles. The van der Waals surface area contributed by atoms with Crippen LogP contribution in [-0.4, -0.2) is 41.3 Å². The van der Waals surface area contributed by atoms with Crippen molar-refractivity contribution in [3.8, 4) is 0 Å². The Morgan fingerprint density at radius 2 is 1.30 bits per heavy atom. The highest BCUT2D eigenvalue weighted by molar-refractivity contribution is 7.99. The number of hydrogen-bond acceptors (Lipinski definition) is 8. The van der Waals surface area contributed by atoms with Gasteiger partial charge in [0.15, 0.2) is 0 Å². The third-order valence-corrected chi connectivity index (χ3v) is 5.00. The number of unbranched alkanes of at least 4 members (excludes halogenated alkanes) is 1. The van der Waals surface area contributed by atoms with Crippen molar-refractivity contribution in [1.82, 2.24) is 29.7 Å². The van der Waals surface area contributed by atoms with E-state index in [4.69, 9.17) is 36.1 Å². The van der Waals surface area contributed by atoms with E-state index in [1.54, 1.807) is 23.5 Å². The van der Waals surface area contributed by atoms with Crippen molar-refractivity contribution in [2.45, 2.75) is 23.2 Å². The first kappa shape index (κ1) is 15.4. The minimum absolute atomic E-state index is 0.425. The van der Waals surface area contributed by atoms with Gasteiger partial charge in [-0.3, -0.25) is 0 Å². The van der Waals surface area contributed by atoms with Gasteiger partial charge >= 0.3 is 0 Å². The number of thioether (sulfide) groups is 2. The van der Waals surface area contributed by atoms with Crippen LogP contribution in [0.3, 0.4) is 0 Å². The Balaban J connectivity index is 1.65. The molecule has 8 nitrogen and oxygen atoms in total. The molecule has 2 rings (SSSR count). The van der Waals surface area contributed by atoms with Crippen molar-refractivity contribution in [1.29, 1.82) is 0 Å². The summed E-state index contributed by atoms with van der Waals surface area (Å²) >= 11 is 13.0. The molecule has 0 aliphatic heterocycles. The molecule has 12 heteroatoms. The van der Waals surface area contributed by atoms with Gasteiger partial charge < -0.3 is 11.7 Å². The highest BCUT2D eigenvalue weighted by Gasteiger charge is 2.05. The van der Waals surface area contributed by atoms with Crippen molar-refractivity contribution in [2.24, 2.45) is 0 Å². The highest BCUT2D eigenvalue weighted by Crippen LogP contribution is 2.18. The van der Waals surface area contributed by atoms with Gasteiger partial charge in [-0.05, 0) is 37.3 Å². The maximum absolute atomic E-state index is 5.69. The van der Waals surface area contributed by atoms with E-state index in [2.05, 4.69) is 20.4 Å². The first-order chi connectivity index (χ1) is 9.59. The number of rotatable bonds is 7. The van der Waals surface area contributed by atoms with Crippen molar-refractivity contribution in [3.63, 3.8) is 0 Å². The normalized spacial score (nSPS) is 11.0. The summed E-state index contributed by atoms with van der Waals surface area (Å²) in [6, 6.07) is 0. The quantitative estimate of drug-likeness (QED) is 0.255. The topological polar surface area (TPSA) is 119 Å². The smallest absolute Gasteiger partial charge is 0.214 e. The fraction of sp³-hybridized carbons (Fsp3) is 0.500. The standard InChI is InChI=1S/C8H14N8S4/c9-15-5(17)11-13-7(15)19-3-1-2-4-20-8-14-12-6(18)16(8)10/h1-4,9-10H2,(H,11,17)(H,12,18). The molecule has 0 amide bonds. The Kier molecular flexibility index (Phi) is 5.51. The SMILES string of the molecule is Nn1c(SCCCCSc2n[nH]c(=S)n2N)n[nH]c1=S. The van der Waals surface area contributed by atoms with E-state index >= 15 is 0 Å². The number of aromatic amines is 2. The predicted octanol–water partition coefficient (Wildman–Crippen LogP) is 1.29. The van der Waals surface area contributed by atoms with E-state index in [1.807, 2.05) is 0 Å². The molecular weight excluding hydrogens is 336 g/mol. The molecule has 110 valence electrons. The lowest BCUT2D eigenvalue weighted by Gasteiger charge is -2.01. The van der Waals surface area contributed by atoms with Gasteiger partial charge in [-0.1, -0.05) is 23.5 Å². The predicted molar refractivity (Wildman–Crippen MR) is 85.8 cm³/mol. The Morgan fingerprint density at radius 1 is 0.900 bits per heavy atom. The molecule has 0 unspecified atom stereocenters. The second-order valence-electron chi connectivity index (χ2n) is 3.77. The van der Waals surface area contributed by atoms with E-state index in [9.17, 15) is 0 Å². The lowest BCUT2D eigenvalue weighted by molar-refractivity contribution is 0.826. The van der Waals surface area contributed by atoms with Crippen LogP contribution in [0.5, 0.6) is 0 Å². The first-order valence-electron chi connectivity index (χ1n) is 5.70. The molecule has 2 aromatic heterocycles. The first-order valence-corrected chi connectivity index (χ1v) is 8.49. The van der Waals surface area contributed by atoms with Crippen LogP contribution in [0.25, 0.3) is 0 Å². The minimum Gasteiger partial charge on any atom is -0.335 e. The van der Waals surface area contributed by atoms with Gasteiger partial charge in [0.25, 0.3) is 0 Å². The molecule has 0 spiro atoms. The van der Waals surface area contributed by atoms with Gasteiger partial charge in [0.1, 0.15) is 0 Å². The number of hydrogen-bond donors (Lipinski definition) is 4. The van der Waals surface area contributed by atoms with Crippen molar-refractivity contribution in [3.05, 3.63) is 9.54 Å². The molecule has 0 bridgehead atoms. The molecule has 0 saturated heterocycles. The number of nitrogens with zero attached hydrogens (tertiary/aromatic N) is 4. The van der Waals surface area contributed by atoms with Gasteiger partial charge in [-0.2, -0.15) is 0 Å². The summed E-state index contributed by atoms with van der Waals surface area (Å²) in [5.41, 5.74) is 0. The average Bonchev–Trinajstić information content (AvgIpc) is 2.92. The Hall–Kier alpha value is -0.980. The number of nitrogens with two attached hydrogens (primary N) is 2. The summed E-state index contributed by atoms with van der Waals surface area (Å²) in [5.74, 6) is 13.2. The van der Waals surface area contributed by atoms with Crippen LogP contribution in [0.1, 0.15) is 12.8 Å². The molecule has 0 fully saturated rings. The van der Waals surface area contributed by atoms with Gasteiger partial charge in [0, 0.05) is 11.5 Å². The van der Waals surface area contributed by atoms with Crippen LogP contribution in [0.4, 0.5) is 0 Å². The zero-order valence-corrected chi connectivity index (χ0v) is 13.7. The van der Waals surface area contributed by atoms with Crippen LogP contribution in [0, 0.1) is 9.54 Å². The van der Waals surface area contributed by atoms with E-state index < -0.39 is 0 Å². The van der Waals surface area contributed by atoms with Crippen molar-refractivity contribution >= 4 is 48.0 Å². The summed E-state index contributed by atoms with van der Waals surface area (Å²) in [6.45, 7) is 0. The average molecular weight is 351 g/mol. The van der Waals surface area contributed by atoms with Crippen LogP contribution in [0.15, 0.2) is 10.3 Å². The maximum Gasteiger partial charge on any atom is 0.214 e. The summed E-state index contributed by atoms with van der Waals surface area (Å²) in [6.07, 6.45) is 2.07. The number of H-pyrrole nitrogens is 2. The largest absolute Gasteiger partial charge is 0.335 e. The zero-order chi connectivity index (χ0) is 14.5. The van der Waals surface area contributed by atoms with Gasteiger partial charge in [-0.25, -0.2) is 19.5 Å². The van der Waals surface area contributed by atoms with Crippen LogP contribution >= 0.6 is 48.0 Å². The minimum atomic E-state index is 0.425. The Labute approximate surface area is 133 Å². The third-order valence-electron chi connectivity index (χ3n) is 2.35. The second-order valence-corrected chi connectivity index (χ2v) is 6.66. The highest BCUT2D eigenvalue weighted by atomic mass is 32.2. The lowest BCUT2D eigenvalue weighted by Crippen LogP contribution is -2.10. The fourth-order valence-electron chi connectivity index (χ4n) is 1.32. The summed E-state index contributed by atoms with van der Waals surface area (Å²) < 4.78 is 3.60. The van der Waals surface area contributed by atoms with Gasteiger partial charge in [0.2, 0.25) is 19.9 Å². The summed E-state index contributed by atoms with van der Waals surface area (Å²) in [4.78, 5) is 0. The number of aromatic nitrogens is 6. The number of nitrogens with one attached hydrogen (secondary N) is 2. The van der Waals surface area contributed by atoms with Crippen LogP contribution in [-0.2, 0) is 0 Å². The van der Waals surface area contributed by atoms with Gasteiger partial charge in [0.05, 0.1) is 0 Å². The molecule has 0 saturated carbocycles. The second kappa shape index (κ2) is 7.15. The van der Waals surface area contributed by atoms with E-state index in [0.717, 1.165) is 24.3 Å². The lowest BCUT2D eigenvalue weighted by atomic mass is 10.4. The van der Waals surface area contributed by atoms with Crippen molar-refractivity contribution in [2.75, 3.05) is 23.2 Å². The molecule has 0 radical (unpaired) electrons. The maximum atomic E-state index is 5.69. The van der Waals surface area contributed by atoms with Gasteiger partial charge in [-0.15, -0.1) is 10.2 Å². The zero-order valence-electron chi connectivity index (χ0n) is 10.4. The molecule has 0 aromatic carbocycles. The van der Waals surface area contributed by atoms with E-state index in [1.165, 1.54) is 9.35 Å². The molecule has 0 aliphatic rings.